The molecule has 1 aliphatic rings. The van der Waals surface area contributed by atoms with Crippen molar-refractivity contribution < 1.29 is 22.0 Å². The maximum atomic E-state index is 8.74. The molecule has 0 spiro atoms. The molecule has 0 radical (unpaired) electrons. The van der Waals surface area contributed by atoms with Crippen LogP contribution in [0.3, 0.4) is 0 Å². The van der Waals surface area contributed by atoms with E-state index in [1.807, 2.05) is 0 Å². The van der Waals surface area contributed by atoms with E-state index in [9.17, 15) is 0 Å². The number of likely N-dealkylation sites (tertiary alicyclic amines) is 1. The van der Waals surface area contributed by atoms with Crippen molar-refractivity contribution in [1.29, 1.82) is 0 Å². The molecule has 5 nitrogen and oxygen atoms in total. The Morgan fingerprint density at radius 3 is 1.93 bits per heavy atom. The van der Waals surface area contributed by atoms with Crippen molar-refractivity contribution in [1.82, 2.24) is 0 Å². The summed E-state index contributed by atoms with van der Waals surface area (Å²) in [4.78, 5) is 0. The highest BCUT2D eigenvalue weighted by atomic mass is 32.3. The van der Waals surface area contributed by atoms with E-state index in [2.05, 4.69) is 14.0 Å². The van der Waals surface area contributed by atoms with Crippen LogP contribution >= 0.6 is 0 Å². The van der Waals surface area contributed by atoms with E-state index in [1.165, 1.54) is 49.8 Å². The average molecular weight is 240 g/mol. The van der Waals surface area contributed by atoms with E-state index in [1.54, 1.807) is 0 Å². The highest BCUT2D eigenvalue weighted by molar-refractivity contribution is 7.79. The van der Waals surface area contributed by atoms with Crippen molar-refractivity contribution in [2.75, 3.05) is 26.7 Å². The molecule has 1 rings (SSSR count). The fourth-order valence-corrected chi connectivity index (χ4v) is 1.86. The zero-order valence-corrected chi connectivity index (χ0v) is 10.3. The van der Waals surface area contributed by atoms with Gasteiger partial charge in [-0.3, -0.25) is 9.11 Å². The first-order valence-electron chi connectivity index (χ1n) is 5.30. The van der Waals surface area contributed by atoms with Gasteiger partial charge in [0.1, 0.15) is 0 Å². The normalized spacial score (nSPS) is 19.5. The molecule has 0 aromatic heterocycles. The van der Waals surface area contributed by atoms with Crippen molar-refractivity contribution in [3.8, 4) is 0 Å². The van der Waals surface area contributed by atoms with Gasteiger partial charge < -0.3 is 4.48 Å². The summed E-state index contributed by atoms with van der Waals surface area (Å²) in [5.41, 5.74) is 0. The fraction of sp³-hybridized carbons (Fsp3) is 1.00. The monoisotopic (exact) mass is 240 g/mol. The molecule has 0 aromatic rings. The molecule has 0 unspecified atom stereocenters. The van der Waals surface area contributed by atoms with Crippen LogP contribution in [0.15, 0.2) is 0 Å². The van der Waals surface area contributed by atoms with Crippen molar-refractivity contribution in [3.63, 3.8) is 0 Å². The fourth-order valence-electron chi connectivity index (χ4n) is 1.86. The zero-order valence-electron chi connectivity index (χ0n) is 9.52. The van der Waals surface area contributed by atoms with Gasteiger partial charge in [0.15, 0.2) is 0 Å². The minimum Gasteiger partial charge on any atom is -0.326 e. The van der Waals surface area contributed by atoms with E-state index >= 15 is 0 Å². The number of hydrogen-bond acceptors (Lipinski definition) is 2. The lowest BCUT2D eigenvalue weighted by Crippen LogP contribution is -2.41. The van der Waals surface area contributed by atoms with Gasteiger partial charge >= 0.3 is 10.4 Å². The molecular formula is C9H22NO4S+. The SMILES string of the molecule is CCCC[N+]1(C)CCCC1.O=S(=O)(O)O. The average Bonchev–Trinajstić information content (AvgIpc) is 2.46. The summed E-state index contributed by atoms with van der Waals surface area (Å²) < 4.78 is 32.9. The first-order chi connectivity index (χ1) is 6.77. The lowest BCUT2D eigenvalue weighted by Gasteiger charge is -2.28. The Bertz CT molecular complexity index is 249. The van der Waals surface area contributed by atoms with E-state index in [0.717, 1.165) is 0 Å². The van der Waals surface area contributed by atoms with Crippen LogP contribution in [-0.2, 0) is 10.4 Å². The molecule has 1 fully saturated rings. The van der Waals surface area contributed by atoms with Crippen LogP contribution in [0.25, 0.3) is 0 Å². The van der Waals surface area contributed by atoms with Crippen LogP contribution in [0.2, 0.25) is 0 Å². The molecule has 0 amide bonds. The summed E-state index contributed by atoms with van der Waals surface area (Å²) in [7, 11) is -2.26. The second-order valence-corrected chi connectivity index (χ2v) is 5.19. The van der Waals surface area contributed by atoms with Gasteiger partial charge in [0.2, 0.25) is 0 Å². The Kier molecular flexibility index (Phi) is 6.35. The lowest BCUT2D eigenvalue weighted by atomic mass is 10.3. The highest BCUT2D eigenvalue weighted by Gasteiger charge is 2.25. The van der Waals surface area contributed by atoms with E-state index in [-0.39, 0.29) is 0 Å². The third-order valence-electron chi connectivity index (χ3n) is 2.70. The molecule has 1 heterocycles. The summed E-state index contributed by atoms with van der Waals surface area (Å²) in [6.45, 7) is 6.55. The Morgan fingerprint density at radius 2 is 1.60 bits per heavy atom. The predicted molar refractivity (Wildman–Crippen MR) is 59.1 cm³/mol. The molecule has 1 aliphatic heterocycles. The Morgan fingerprint density at radius 1 is 1.20 bits per heavy atom. The van der Waals surface area contributed by atoms with Crippen LogP contribution in [0.1, 0.15) is 32.6 Å². The highest BCUT2D eigenvalue weighted by Crippen LogP contribution is 2.16. The minimum atomic E-state index is -4.67. The molecule has 2 N–H and O–H groups in total. The van der Waals surface area contributed by atoms with Crippen LogP contribution in [0, 0.1) is 0 Å². The van der Waals surface area contributed by atoms with Gasteiger partial charge in [-0.05, 0) is 6.42 Å². The number of nitrogens with zero attached hydrogens (tertiary/aromatic N) is 1. The van der Waals surface area contributed by atoms with Gasteiger partial charge in [-0.15, -0.1) is 0 Å². The number of quaternary nitrogens is 1. The van der Waals surface area contributed by atoms with Crippen molar-refractivity contribution in [2.24, 2.45) is 0 Å². The maximum absolute atomic E-state index is 8.74. The van der Waals surface area contributed by atoms with Crippen LogP contribution in [0.5, 0.6) is 0 Å². The Labute approximate surface area is 92.3 Å². The van der Waals surface area contributed by atoms with E-state index in [4.69, 9.17) is 17.5 Å². The summed E-state index contributed by atoms with van der Waals surface area (Å²) in [6.07, 6.45) is 5.69. The summed E-state index contributed by atoms with van der Waals surface area (Å²) in [5, 5.41) is 0. The molecular weight excluding hydrogens is 218 g/mol. The first-order valence-corrected chi connectivity index (χ1v) is 6.70. The first kappa shape index (κ1) is 14.8. The number of rotatable bonds is 3. The molecule has 0 aliphatic carbocycles. The third kappa shape index (κ3) is 10.1. The molecule has 6 heteroatoms. The van der Waals surface area contributed by atoms with Crippen molar-refractivity contribution in [2.45, 2.75) is 32.6 Å². The molecule has 0 aromatic carbocycles. The molecule has 15 heavy (non-hydrogen) atoms. The smallest absolute Gasteiger partial charge is 0.326 e. The van der Waals surface area contributed by atoms with E-state index < -0.39 is 10.4 Å². The van der Waals surface area contributed by atoms with Gasteiger partial charge in [0.05, 0.1) is 26.7 Å². The van der Waals surface area contributed by atoms with Gasteiger partial charge in [-0.25, -0.2) is 0 Å². The van der Waals surface area contributed by atoms with Gasteiger partial charge in [0, 0.05) is 12.8 Å². The standard InChI is InChI=1S/C9H20N.H2O4S/c1-3-4-7-10(2)8-5-6-9-10;1-5(2,3)4/h3-9H2,1-2H3;(H2,1,2,3,4)/q+1;. The van der Waals surface area contributed by atoms with Gasteiger partial charge in [0.25, 0.3) is 0 Å². The summed E-state index contributed by atoms with van der Waals surface area (Å²) >= 11 is 0. The quantitative estimate of drug-likeness (QED) is 0.577. The van der Waals surface area contributed by atoms with Gasteiger partial charge in [-0.1, -0.05) is 13.3 Å². The largest absolute Gasteiger partial charge is 0.394 e. The van der Waals surface area contributed by atoms with E-state index in [0.29, 0.717) is 0 Å². The predicted octanol–water partition coefficient (Wildman–Crippen LogP) is 1.37. The van der Waals surface area contributed by atoms with Crippen molar-refractivity contribution >= 4 is 10.4 Å². The lowest BCUT2D eigenvalue weighted by molar-refractivity contribution is -0.897. The summed E-state index contributed by atoms with van der Waals surface area (Å²) in [5.74, 6) is 0. The Hall–Kier alpha value is -0.170. The maximum Gasteiger partial charge on any atom is 0.394 e. The van der Waals surface area contributed by atoms with Crippen LogP contribution in [0.4, 0.5) is 0 Å². The zero-order chi connectivity index (χ0) is 11.9. The molecule has 0 bridgehead atoms. The second kappa shape index (κ2) is 6.42. The third-order valence-corrected chi connectivity index (χ3v) is 2.70. The van der Waals surface area contributed by atoms with Crippen LogP contribution in [-0.4, -0.2) is 48.7 Å². The van der Waals surface area contributed by atoms with Crippen LogP contribution < -0.4 is 0 Å². The second-order valence-electron chi connectivity index (χ2n) is 4.30. The Balaban J connectivity index is 0.000000336. The number of hydrogen-bond donors (Lipinski definition) is 2. The molecule has 0 atom stereocenters. The summed E-state index contributed by atoms with van der Waals surface area (Å²) in [6, 6.07) is 0. The topological polar surface area (TPSA) is 74.6 Å². The molecule has 92 valence electrons. The molecule has 1 saturated heterocycles. The van der Waals surface area contributed by atoms with Gasteiger partial charge in [-0.2, -0.15) is 8.42 Å². The minimum absolute atomic E-state index is 1.36. The number of unbranched alkanes of at least 4 members (excludes halogenated alkanes) is 1. The van der Waals surface area contributed by atoms with Crippen molar-refractivity contribution in [3.05, 3.63) is 0 Å². The molecule has 0 saturated carbocycles.